The van der Waals surface area contributed by atoms with E-state index in [9.17, 15) is 9.59 Å². The van der Waals surface area contributed by atoms with Gasteiger partial charge in [0.1, 0.15) is 5.70 Å². The Bertz CT molecular complexity index is 751. The lowest BCUT2D eigenvalue weighted by molar-refractivity contribution is -0.113. The van der Waals surface area contributed by atoms with Crippen molar-refractivity contribution in [1.82, 2.24) is 5.32 Å². The molecule has 4 nitrogen and oxygen atoms in total. The first-order valence-corrected chi connectivity index (χ1v) is 7.87. The monoisotopic (exact) mass is 372 g/mol. The van der Waals surface area contributed by atoms with Crippen LogP contribution in [0.4, 0.5) is 5.69 Å². The highest BCUT2D eigenvalue weighted by molar-refractivity contribution is 9.10. The number of carbonyl (C=O) groups is 2. The molecule has 0 bridgehead atoms. The highest BCUT2D eigenvalue weighted by atomic mass is 79.9. The van der Waals surface area contributed by atoms with Crippen LogP contribution in [-0.4, -0.2) is 11.8 Å². The van der Waals surface area contributed by atoms with Gasteiger partial charge < -0.3 is 10.6 Å². The number of amides is 2. The van der Waals surface area contributed by atoms with Crippen LogP contribution in [0.1, 0.15) is 24.2 Å². The normalized spacial score (nSPS) is 9.87. The van der Waals surface area contributed by atoms with Gasteiger partial charge in [-0.05, 0) is 49.8 Å². The Morgan fingerprint density at radius 3 is 2.26 bits per heavy atom. The van der Waals surface area contributed by atoms with E-state index >= 15 is 0 Å². The number of hydrogen-bond donors (Lipinski definition) is 2. The molecule has 0 fully saturated rings. The van der Waals surface area contributed by atoms with E-state index in [1.165, 1.54) is 0 Å². The third kappa shape index (κ3) is 4.79. The summed E-state index contributed by atoms with van der Waals surface area (Å²) in [6.07, 6.45) is 0. The molecule has 2 rings (SSSR count). The molecule has 0 heterocycles. The molecule has 0 saturated heterocycles. The van der Waals surface area contributed by atoms with Crippen molar-refractivity contribution in [2.45, 2.75) is 13.8 Å². The van der Waals surface area contributed by atoms with E-state index in [-0.39, 0.29) is 17.5 Å². The first-order chi connectivity index (χ1) is 11.0. The number of hydrogen-bond acceptors (Lipinski definition) is 2. The van der Waals surface area contributed by atoms with E-state index in [4.69, 9.17) is 0 Å². The fourth-order valence-electron chi connectivity index (χ4n) is 1.94. The molecule has 0 aliphatic carbocycles. The van der Waals surface area contributed by atoms with Crippen LogP contribution in [0.25, 0.3) is 0 Å². The van der Waals surface area contributed by atoms with Crippen LogP contribution >= 0.6 is 15.9 Å². The summed E-state index contributed by atoms with van der Waals surface area (Å²) < 4.78 is 0.863. The SMILES string of the molecule is CC(C)=C(NC(=O)c1ccccc1)C(=O)Nc1cccc(Br)c1. The van der Waals surface area contributed by atoms with Gasteiger partial charge in [-0.25, -0.2) is 0 Å². The Kier molecular flexibility index (Phi) is 5.71. The number of carbonyl (C=O) groups excluding carboxylic acids is 2. The predicted octanol–water partition coefficient (Wildman–Crippen LogP) is 4.11. The second kappa shape index (κ2) is 7.74. The van der Waals surface area contributed by atoms with E-state index in [0.29, 0.717) is 11.3 Å². The van der Waals surface area contributed by atoms with Crippen molar-refractivity contribution < 1.29 is 9.59 Å². The molecule has 2 N–H and O–H groups in total. The van der Waals surface area contributed by atoms with Crippen LogP contribution < -0.4 is 10.6 Å². The molecule has 0 aliphatic rings. The summed E-state index contributed by atoms with van der Waals surface area (Å²) in [5.74, 6) is -0.668. The van der Waals surface area contributed by atoms with E-state index in [0.717, 1.165) is 10.0 Å². The molecular weight excluding hydrogens is 356 g/mol. The van der Waals surface area contributed by atoms with Gasteiger partial charge in [0.15, 0.2) is 0 Å². The van der Waals surface area contributed by atoms with Gasteiger partial charge in [0.25, 0.3) is 11.8 Å². The van der Waals surface area contributed by atoms with Crippen LogP contribution in [0.2, 0.25) is 0 Å². The molecule has 0 aliphatic heterocycles. The lowest BCUT2D eigenvalue weighted by atomic mass is 10.2. The van der Waals surface area contributed by atoms with Crippen molar-refractivity contribution in [2.75, 3.05) is 5.32 Å². The van der Waals surface area contributed by atoms with Crippen molar-refractivity contribution in [3.8, 4) is 0 Å². The number of anilines is 1. The van der Waals surface area contributed by atoms with Crippen molar-refractivity contribution >= 4 is 33.4 Å². The Balaban J connectivity index is 2.14. The fourth-order valence-corrected chi connectivity index (χ4v) is 2.34. The summed E-state index contributed by atoms with van der Waals surface area (Å²) in [6.45, 7) is 3.56. The topological polar surface area (TPSA) is 58.2 Å². The van der Waals surface area contributed by atoms with Crippen LogP contribution in [0.5, 0.6) is 0 Å². The van der Waals surface area contributed by atoms with E-state index < -0.39 is 0 Å². The molecule has 0 aromatic heterocycles. The smallest absolute Gasteiger partial charge is 0.272 e. The van der Waals surface area contributed by atoms with Crippen molar-refractivity contribution in [3.63, 3.8) is 0 Å². The van der Waals surface area contributed by atoms with Gasteiger partial charge in [0.05, 0.1) is 0 Å². The number of allylic oxidation sites excluding steroid dienone is 1. The fraction of sp³-hybridized carbons (Fsp3) is 0.111. The highest BCUT2D eigenvalue weighted by Gasteiger charge is 2.16. The molecule has 0 saturated carbocycles. The molecule has 0 atom stereocenters. The van der Waals surface area contributed by atoms with Gasteiger partial charge in [-0.15, -0.1) is 0 Å². The van der Waals surface area contributed by atoms with Gasteiger partial charge in [-0.3, -0.25) is 9.59 Å². The first kappa shape index (κ1) is 17.0. The molecule has 23 heavy (non-hydrogen) atoms. The zero-order chi connectivity index (χ0) is 16.8. The van der Waals surface area contributed by atoms with Crippen molar-refractivity contribution in [3.05, 3.63) is 75.9 Å². The van der Waals surface area contributed by atoms with E-state index in [1.54, 1.807) is 50.2 Å². The molecule has 2 aromatic rings. The Labute approximate surface area is 143 Å². The largest absolute Gasteiger partial charge is 0.321 e. The minimum absolute atomic E-state index is 0.249. The van der Waals surface area contributed by atoms with E-state index in [2.05, 4.69) is 26.6 Å². The average Bonchev–Trinajstić information content (AvgIpc) is 2.52. The number of benzene rings is 2. The number of rotatable bonds is 4. The predicted molar refractivity (Wildman–Crippen MR) is 95.1 cm³/mol. The number of halogens is 1. The molecule has 2 aromatic carbocycles. The molecule has 5 heteroatoms. The van der Waals surface area contributed by atoms with Gasteiger partial charge in [-0.1, -0.05) is 40.2 Å². The molecule has 2 amide bonds. The highest BCUT2D eigenvalue weighted by Crippen LogP contribution is 2.16. The second-order valence-electron chi connectivity index (χ2n) is 5.16. The molecule has 0 spiro atoms. The minimum atomic E-state index is -0.354. The van der Waals surface area contributed by atoms with Gasteiger partial charge in [0, 0.05) is 15.7 Å². The zero-order valence-electron chi connectivity index (χ0n) is 12.9. The standard InChI is InChI=1S/C18H17BrN2O2/c1-12(2)16(21-17(22)13-7-4-3-5-8-13)18(23)20-15-10-6-9-14(19)11-15/h3-11H,1-2H3,(H,20,23)(H,21,22). The third-order valence-electron chi connectivity index (χ3n) is 3.08. The summed E-state index contributed by atoms with van der Waals surface area (Å²) in [5.41, 5.74) is 2.12. The van der Waals surface area contributed by atoms with Crippen LogP contribution in [0.15, 0.2) is 70.3 Å². The molecule has 0 unspecified atom stereocenters. The van der Waals surface area contributed by atoms with Gasteiger partial charge >= 0.3 is 0 Å². The maximum Gasteiger partial charge on any atom is 0.272 e. The lowest BCUT2D eigenvalue weighted by Crippen LogP contribution is -2.31. The quantitative estimate of drug-likeness (QED) is 0.793. The summed E-state index contributed by atoms with van der Waals surface area (Å²) in [7, 11) is 0. The maximum atomic E-state index is 12.4. The van der Waals surface area contributed by atoms with Crippen molar-refractivity contribution in [1.29, 1.82) is 0 Å². The molecule has 118 valence electrons. The summed E-state index contributed by atoms with van der Waals surface area (Å²) in [6, 6.07) is 16.0. The second-order valence-corrected chi connectivity index (χ2v) is 6.08. The Morgan fingerprint density at radius 2 is 1.65 bits per heavy atom. The van der Waals surface area contributed by atoms with Crippen LogP contribution in [0, 0.1) is 0 Å². The minimum Gasteiger partial charge on any atom is -0.321 e. The van der Waals surface area contributed by atoms with E-state index in [1.807, 2.05) is 18.2 Å². The maximum absolute atomic E-state index is 12.4. The summed E-state index contributed by atoms with van der Waals surface area (Å²) >= 11 is 3.36. The summed E-state index contributed by atoms with van der Waals surface area (Å²) in [5, 5.41) is 5.46. The summed E-state index contributed by atoms with van der Waals surface area (Å²) in [4.78, 5) is 24.7. The van der Waals surface area contributed by atoms with Crippen molar-refractivity contribution in [2.24, 2.45) is 0 Å². The zero-order valence-corrected chi connectivity index (χ0v) is 14.5. The van der Waals surface area contributed by atoms with Gasteiger partial charge in [-0.2, -0.15) is 0 Å². The number of nitrogens with one attached hydrogen (secondary N) is 2. The van der Waals surface area contributed by atoms with Gasteiger partial charge in [0.2, 0.25) is 0 Å². The van der Waals surface area contributed by atoms with Crippen LogP contribution in [0.3, 0.4) is 0 Å². The third-order valence-corrected chi connectivity index (χ3v) is 3.58. The first-order valence-electron chi connectivity index (χ1n) is 7.08. The lowest BCUT2D eigenvalue weighted by Gasteiger charge is -2.13. The Morgan fingerprint density at radius 1 is 0.957 bits per heavy atom. The molecular formula is C18H17BrN2O2. The Hall–Kier alpha value is -2.40. The van der Waals surface area contributed by atoms with Crippen LogP contribution in [-0.2, 0) is 4.79 Å². The molecule has 0 radical (unpaired) electrons. The average molecular weight is 373 g/mol.